The summed E-state index contributed by atoms with van der Waals surface area (Å²) in [6.07, 6.45) is 3.64. The van der Waals surface area contributed by atoms with Crippen LogP contribution in [0.25, 0.3) is 0 Å². The second kappa shape index (κ2) is 10.4. The molecule has 2 amide bonds. The highest BCUT2D eigenvalue weighted by molar-refractivity contribution is 6.06. The average Bonchev–Trinajstić information content (AvgIpc) is 3.21. The smallest absolute Gasteiger partial charge is 0.407 e. The molecule has 10 nitrogen and oxygen atoms in total. The van der Waals surface area contributed by atoms with Crippen molar-refractivity contribution in [3.05, 3.63) is 11.8 Å². The molecule has 0 bridgehead atoms. The Kier molecular flexibility index (Phi) is 8.22. The summed E-state index contributed by atoms with van der Waals surface area (Å²) in [4.78, 5) is 24.3. The van der Waals surface area contributed by atoms with E-state index in [1.54, 1.807) is 7.05 Å². The van der Waals surface area contributed by atoms with Crippen molar-refractivity contribution in [3.8, 4) is 0 Å². The fourth-order valence-corrected chi connectivity index (χ4v) is 3.48. The Balaban J connectivity index is 1.86. The van der Waals surface area contributed by atoms with Crippen molar-refractivity contribution in [2.24, 2.45) is 10.9 Å². The lowest BCUT2D eigenvalue weighted by molar-refractivity contribution is -0.115. The number of hydrogen-bond donors (Lipinski definition) is 4. The molecule has 2 rings (SSSR count). The molecule has 1 aromatic heterocycles. The summed E-state index contributed by atoms with van der Waals surface area (Å²) in [5.74, 6) is 6.05. The molecule has 1 saturated carbocycles. The van der Waals surface area contributed by atoms with E-state index in [1.807, 2.05) is 33.8 Å². The Morgan fingerprint density at radius 1 is 1.40 bits per heavy atom. The van der Waals surface area contributed by atoms with E-state index in [4.69, 9.17) is 10.6 Å². The molecule has 0 aromatic carbocycles. The van der Waals surface area contributed by atoms with E-state index in [1.165, 1.54) is 5.12 Å². The number of hydrogen-bond acceptors (Lipinski definition) is 7. The molecule has 1 aromatic rings. The molecule has 1 aliphatic carbocycles. The lowest BCUT2D eigenvalue weighted by Crippen LogP contribution is -2.42. The zero-order chi connectivity index (χ0) is 22.3. The van der Waals surface area contributed by atoms with E-state index >= 15 is 0 Å². The second-order valence-corrected chi connectivity index (χ2v) is 8.84. The summed E-state index contributed by atoms with van der Waals surface area (Å²) in [6, 6.07) is 1.84. The normalized spacial score (nSPS) is 19.5. The molecule has 30 heavy (non-hydrogen) atoms. The predicted octanol–water partition coefficient (Wildman–Crippen LogP) is 2.86. The molecular formula is C20H35N7O3. The maximum absolute atomic E-state index is 12.3. The van der Waals surface area contributed by atoms with Crippen LogP contribution in [0.1, 0.15) is 77.8 Å². The third-order valence-electron chi connectivity index (χ3n) is 4.64. The molecule has 10 heteroatoms. The number of carbonyl (C=O) groups is 2. The lowest BCUT2D eigenvalue weighted by atomic mass is 10.0. The van der Waals surface area contributed by atoms with Gasteiger partial charge in [0, 0.05) is 36.0 Å². The first-order valence-electron chi connectivity index (χ1n) is 10.4. The highest BCUT2D eigenvalue weighted by atomic mass is 16.6. The van der Waals surface area contributed by atoms with Crippen LogP contribution < -0.4 is 16.5 Å². The highest BCUT2D eigenvalue weighted by Crippen LogP contribution is 2.35. The van der Waals surface area contributed by atoms with Crippen LogP contribution in [0.2, 0.25) is 0 Å². The number of aromatic amines is 1. The van der Waals surface area contributed by atoms with Crippen molar-refractivity contribution in [3.63, 3.8) is 0 Å². The van der Waals surface area contributed by atoms with Gasteiger partial charge in [-0.2, -0.15) is 10.2 Å². The van der Waals surface area contributed by atoms with E-state index < -0.39 is 6.09 Å². The van der Waals surface area contributed by atoms with Crippen molar-refractivity contribution in [1.29, 1.82) is 0 Å². The second-order valence-electron chi connectivity index (χ2n) is 8.84. The summed E-state index contributed by atoms with van der Waals surface area (Å²) >= 11 is 0. The zero-order valence-corrected chi connectivity index (χ0v) is 18.6. The highest BCUT2D eigenvalue weighted by Gasteiger charge is 2.30. The van der Waals surface area contributed by atoms with Crippen LogP contribution in [-0.4, -0.2) is 51.7 Å². The monoisotopic (exact) mass is 421 g/mol. The fourth-order valence-electron chi connectivity index (χ4n) is 3.48. The molecule has 168 valence electrons. The molecule has 2 atom stereocenters. The van der Waals surface area contributed by atoms with E-state index in [2.05, 4.69) is 25.9 Å². The Morgan fingerprint density at radius 3 is 2.77 bits per heavy atom. The number of anilines is 1. The molecule has 0 unspecified atom stereocenters. The van der Waals surface area contributed by atoms with Gasteiger partial charge in [-0.1, -0.05) is 13.3 Å². The van der Waals surface area contributed by atoms with Crippen LogP contribution in [0.15, 0.2) is 11.2 Å². The number of H-pyrrole nitrogens is 1. The van der Waals surface area contributed by atoms with Crippen LogP contribution in [0, 0.1) is 0 Å². The number of ether oxygens (including phenoxy) is 1. The summed E-state index contributed by atoms with van der Waals surface area (Å²) in [7, 11) is 1.62. The molecular weight excluding hydrogens is 386 g/mol. The minimum Gasteiger partial charge on any atom is -0.446 e. The van der Waals surface area contributed by atoms with Gasteiger partial charge in [0.25, 0.3) is 0 Å². The maximum Gasteiger partial charge on any atom is 0.407 e. The van der Waals surface area contributed by atoms with Crippen molar-refractivity contribution < 1.29 is 14.3 Å². The summed E-state index contributed by atoms with van der Waals surface area (Å²) in [5, 5.41) is 18.2. The summed E-state index contributed by atoms with van der Waals surface area (Å²) in [5.41, 5.74) is 1.32. The van der Waals surface area contributed by atoms with Gasteiger partial charge in [-0.3, -0.25) is 9.89 Å². The van der Waals surface area contributed by atoms with Crippen LogP contribution in [0.5, 0.6) is 0 Å². The van der Waals surface area contributed by atoms with Crippen molar-refractivity contribution in [2.45, 2.75) is 83.8 Å². The number of alkyl carbamates (subject to hydrolysis) is 1. The van der Waals surface area contributed by atoms with Crippen LogP contribution in [-0.2, 0) is 9.53 Å². The number of hydrazine groups is 1. The van der Waals surface area contributed by atoms with Gasteiger partial charge in [0.1, 0.15) is 6.10 Å². The minimum absolute atomic E-state index is 0.125. The van der Waals surface area contributed by atoms with Crippen LogP contribution in [0.3, 0.4) is 0 Å². The molecule has 1 heterocycles. The fraction of sp³-hybridized carbons (Fsp3) is 0.700. The molecule has 5 N–H and O–H groups in total. The Hall–Kier alpha value is -2.62. The quantitative estimate of drug-likeness (QED) is 0.289. The van der Waals surface area contributed by atoms with Crippen LogP contribution in [0.4, 0.5) is 10.6 Å². The zero-order valence-electron chi connectivity index (χ0n) is 18.6. The molecule has 0 aliphatic heterocycles. The third-order valence-corrected chi connectivity index (χ3v) is 4.64. The molecule has 0 radical (unpaired) electrons. The number of nitrogens with one attached hydrogen (secondary N) is 3. The van der Waals surface area contributed by atoms with E-state index in [0.717, 1.165) is 37.1 Å². The van der Waals surface area contributed by atoms with Gasteiger partial charge < -0.3 is 15.4 Å². The number of hydrazone groups is 1. The maximum atomic E-state index is 12.3. The van der Waals surface area contributed by atoms with Gasteiger partial charge in [0.2, 0.25) is 5.91 Å². The van der Waals surface area contributed by atoms with Gasteiger partial charge in [-0.25, -0.2) is 15.8 Å². The van der Waals surface area contributed by atoms with Gasteiger partial charge in [-0.05, 0) is 46.5 Å². The first kappa shape index (κ1) is 23.7. The van der Waals surface area contributed by atoms with Gasteiger partial charge in [0.15, 0.2) is 5.82 Å². The van der Waals surface area contributed by atoms with Gasteiger partial charge in [0.05, 0.1) is 6.42 Å². The first-order chi connectivity index (χ1) is 14.1. The van der Waals surface area contributed by atoms with Gasteiger partial charge in [-0.15, -0.1) is 0 Å². The van der Waals surface area contributed by atoms with Crippen LogP contribution >= 0.6 is 0 Å². The van der Waals surface area contributed by atoms with E-state index in [-0.39, 0.29) is 29.9 Å². The molecule has 0 saturated heterocycles. The summed E-state index contributed by atoms with van der Waals surface area (Å²) in [6.45, 7) is 7.77. The predicted molar refractivity (Wildman–Crippen MR) is 116 cm³/mol. The van der Waals surface area contributed by atoms with Gasteiger partial charge >= 0.3 is 6.09 Å². The molecule has 1 aliphatic rings. The first-order valence-corrected chi connectivity index (χ1v) is 10.4. The largest absolute Gasteiger partial charge is 0.446 e. The van der Waals surface area contributed by atoms with Crippen molar-refractivity contribution in [2.75, 3.05) is 12.4 Å². The molecule has 0 spiro atoms. The minimum atomic E-state index is -0.390. The van der Waals surface area contributed by atoms with Crippen molar-refractivity contribution in [1.82, 2.24) is 20.6 Å². The Morgan fingerprint density at radius 2 is 2.13 bits per heavy atom. The third kappa shape index (κ3) is 8.02. The number of aromatic nitrogens is 2. The number of nitrogens with zero attached hydrogens (tertiary/aromatic N) is 3. The lowest BCUT2D eigenvalue weighted by Gasteiger charge is -2.22. The average molecular weight is 422 g/mol. The number of amides is 2. The Bertz CT molecular complexity index is 752. The van der Waals surface area contributed by atoms with E-state index in [9.17, 15) is 9.59 Å². The summed E-state index contributed by atoms with van der Waals surface area (Å²) < 4.78 is 5.53. The number of rotatable bonds is 8. The number of carbonyl (C=O) groups excluding carboxylic acids is 2. The number of nitrogens with two attached hydrogens (primary N) is 1. The SMILES string of the molecule is CCC/C(CC(=O)Nc1cc([C@H]2CC[C@@H](OC(=O)NC(C)(C)C)C2)[nH]n1)=N\N(C)N. The Labute approximate surface area is 177 Å². The van der Waals surface area contributed by atoms with E-state index in [0.29, 0.717) is 12.2 Å². The topological polar surface area (TPSA) is 138 Å². The molecule has 1 fully saturated rings. The van der Waals surface area contributed by atoms with Crippen molar-refractivity contribution >= 4 is 23.5 Å². The standard InChI is InChI=1S/C20H35N7O3/c1-6-7-14(26-27(5)21)11-18(28)22-17-12-16(24-25-17)13-8-9-15(10-13)30-19(29)23-20(2,3)4/h12-13,15H,6-11,21H2,1-5H3,(H,23,29)(H2,22,24,25,28)/b26-14+/t13-,15+/m0/s1.